The fourth-order valence-corrected chi connectivity index (χ4v) is 3.10. The van der Waals surface area contributed by atoms with E-state index in [1.165, 1.54) is 32.2 Å². The van der Waals surface area contributed by atoms with Gasteiger partial charge in [0, 0.05) is 12.1 Å². The Morgan fingerprint density at radius 3 is 2.50 bits per heavy atom. The zero-order valence-electron chi connectivity index (χ0n) is 10.9. The van der Waals surface area contributed by atoms with Gasteiger partial charge >= 0.3 is 0 Å². The Hall–Kier alpha value is -0.120. The number of nitrogens with one attached hydrogen (secondary N) is 1. The molecular formula is C13H26N2O. The zero-order chi connectivity index (χ0) is 11.8. The van der Waals surface area contributed by atoms with Crippen LogP contribution < -0.4 is 5.32 Å². The van der Waals surface area contributed by atoms with Crippen LogP contribution in [0.1, 0.15) is 39.5 Å². The molecule has 1 saturated carbocycles. The molecule has 1 heterocycles. The number of likely N-dealkylation sites (N-methyl/N-ethyl adjacent to an activating group) is 1. The standard InChI is InChI=1S/C13H26N2O/c1-12(2)7-4-8-15(12)9-13(10-16,14-3)11-5-6-11/h11,14,16H,4-10H2,1-3H3. The SMILES string of the molecule is CNC(CO)(CN1CCCC1(C)C)C1CC1. The van der Waals surface area contributed by atoms with Crippen molar-refractivity contribution >= 4 is 0 Å². The van der Waals surface area contributed by atoms with Gasteiger partial charge in [-0.2, -0.15) is 0 Å². The van der Waals surface area contributed by atoms with E-state index in [2.05, 4.69) is 24.1 Å². The smallest absolute Gasteiger partial charge is 0.0628 e. The van der Waals surface area contributed by atoms with Gasteiger partial charge in [-0.1, -0.05) is 0 Å². The first-order valence-electron chi connectivity index (χ1n) is 6.59. The van der Waals surface area contributed by atoms with Crippen LogP contribution in [0.25, 0.3) is 0 Å². The Kier molecular flexibility index (Phi) is 3.30. The van der Waals surface area contributed by atoms with Crippen LogP contribution in [-0.4, -0.2) is 47.8 Å². The van der Waals surface area contributed by atoms with Crippen LogP contribution in [-0.2, 0) is 0 Å². The molecular weight excluding hydrogens is 200 g/mol. The molecule has 0 bridgehead atoms. The first kappa shape index (κ1) is 12.3. The highest BCUT2D eigenvalue weighted by Crippen LogP contribution is 2.41. The molecule has 1 aliphatic heterocycles. The van der Waals surface area contributed by atoms with Crippen molar-refractivity contribution in [1.29, 1.82) is 0 Å². The lowest BCUT2D eigenvalue weighted by molar-refractivity contribution is 0.0673. The van der Waals surface area contributed by atoms with Crippen LogP contribution in [0.15, 0.2) is 0 Å². The predicted octanol–water partition coefficient (Wildman–Crippen LogP) is 1.22. The maximum atomic E-state index is 9.73. The van der Waals surface area contributed by atoms with E-state index in [0.717, 1.165) is 6.54 Å². The summed E-state index contributed by atoms with van der Waals surface area (Å²) in [7, 11) is 2.00. The Balaban J connectivity index is 2.05. The molecule has 2 N–H and O–H groups in total. The fraction of sp³-hybridized carbons (Fsp3) is 1.00. The highest BCUT2D eigenvalue weighted by molar-refractivity contribution is 5.04. The van der Waals surface area contributed by atoms with E-state index in [0.29, 0.717) is 11.5 Å². The van der Waals surface area contributed by atoms with Gasteiger partial charge < -0.3 is 10.4 Å². The number of aliphatic hydroxyl groups is 1. The molecule has 2 aliphatic rings. The van der Waals surface area contributed by atoms with Gasteiger partial charge in [0.15, 0.2) is 0 Å². The molecule has 1 aliphatic carbocycles. The molecule has 16 heavy (non-hydrogen) atoms. The minimum absolute atomic E-state index is 0.0540. The van der Waals surface area contributed by atoms with Gasteiger partial charge in [-0.25, -0.2) is 0 Å². The maximum Gasteiger partial charge on any atom is 0.0628 e. The van der Waals surface area contributed by atoms with Gasteiger partial charge in [-0.3, -0.25) is 4.90 Å². The van der Waals surface area contributed by atoms with Gasteiger partial charge in [0.05, 0.1) is 12.1 Å². The zero-order valence-corrected chi connectivity index (χ0v) is 10.9. The third-order valence-corrected chi connectivity index (χ3v) is 4.68. The van der Waals surface area contributed by atoms with Crippen molar-refractivity contribution in [3.05, 3.63) is 0 Å². The lowest BCUT2D eigenvalue weighted by Gasteiger charge is -2.41. The van der Waals surface area contributed by atoms with Gasteiger partial charge in [-0.05, 0) is 59.0 Å². The lowest BCUT2D eigenvalue weighted by Crippen LogP contribution is -2.59. The fourth-order valence-electron chi connectivity index (χ4n) is 3.10. The summed E-state index contributed by atoms with van der Waals surface area (Å²) in [5, 5.41) is 13.1. The van der Waals surface area contributed by atoms with Gasteiger partial charge in [0.25, 0.3) is 0 Å². The number of rotatable bonds is 5. The minimum Gasteiger partial charge on any atom is -0.394 e. The van der Waals surface area contributed by atoms with E-state index in [9.17, 15) is 5.11 Å². The van der Waals surface area contributed by atoms with Crippen LogP contribution in [0.2, 0.25) is 0 Å². The molecule has 1 unspecified atom stereocenters. The Bertz CT molecular complexity index is 244. The van der Waals surface area contributed by atoms with Crippen molar-refractivity contribution in [3.63, 3.8) is 0 Å². The summed E-state index contributed by atoms with van der Waals surface area (Å²) in [6.07, 6.45) is 5.12. The molecule has 94 valence electrons. The summed E-state index contributed by atoms with van der Waals surface area (Å²) in [5.74, 6) is 0.680. The summed E-state index contributed by atoms with van der Waals surface area (Å²) >= 11 is 0. The molecule has 0 spiro atoms. The van der Waals surface area contributed by atoms with E-state index in [1.807, 2.05) is 7.05 Å². The van der Waals surface area contributed by atoms with Crippen LogP contribution in [0.5, 0.6) is 0 Å². The summed E-state index contributed by atoms with van der Waals surface area (Å²) in [5.41, 5.74) is 0.258. The third-order valence-electron chi connectivity index (χ3n) is 4.68. The van der Waals surface area contributed by atoms with Crippen molar-refractivity contribution in [2.45, 2.75) is 50.6 Å². The topological polar surface area (TPSA) is 35.5 Å². The molecule has 3 heteroatoms. The summed E-state index contributed by atoms with van der Waals surface area (Å²) < 4.78 is 0. The van der Waals surface area contributed by atoms with Crippen molar-refractivity contribution in [3.8, 4) is 0 Å². The van der Waals surface area contributed by atoms with E-state index >= 15 is 0 Å². The van der Waals surface area contributed by atoms with Crippen LogP contribution in [0.3, 0.4) is 0 Å². The van der Waals surface area contributed by atoms with E-state index < -0.39 is 0 Å². The van der Waals surface area contributed by atoms with Crippen molar-refractivity contribution in [2.75, 3.05) is 26.7 Å². The molecule has 0 aromatic heterocycles. The Labute approximate surface area is 99.2 Å². The van der Waals surface area contributed by atoms with Crippen molar-refractivity contribution < 1.29 is 5.11 Å². The molecule has 0 aromatic rings. The van der Waals surface area contributed by atoms with Crippen LogP contribution in [0.4, 0.5) is 0 Å². The number of hydrogen-bond acceptors (Lipinski definition) is 3. The highest BCUT2D eigenvalue weighted by Gasteiger charge is 2.47. The maximum absolute atomic E-state index is 9.73. The average molecular weight is 226 g/mol. The first-order valence-corrected chi connectivity index (χ1v) is 6.59. The van der Waals surface area contributed by atoms with Gasteiger partial charge in [-0.15, -0.1) is 0 Å². The monoisotopic (exact) mass is 226 g/mol. The third kappa shape index (κ3) is 2.13. The Morgan fingerprint density at radius 2 is 2.12 bits per heavy atom. The number of hydrogen-bond donors (Lipinski definition) is 2. The normalized spacial score (nSPS) is 29.2. The molecule has 2 rings (SSSR count). The predicted molar refractivity (Wildman–Crippen MR) is 66.5 cm³/mol. The molecule has 1 atom stereocenters. The lowest BCUT2D eigenvalue weighted by atomic mass is 9.91. The second-order valence-corrected chi connectivity index (χ2v) is 6.18. The Morgan fingerprint density at radius 1 is 1.44 bits per heavy atom. The van der Waals surface area contributed by atoms with Crippen LogP contribution >= 0.6 is 0 Å². The average Bonchev–Trinajstić information content (AvgIpc) is 3.03. The van der Waals surface area contributed by atoms with Gasteiger partial charge in [0.1, 0.15) is 0 Å². The second kappa shape index (κ2) is 4.28. The number of likely N-dealkylation sites (tertiary alicyclic amines) is 1. The molecule has 0 radical (unpaired) electrons. The van der Waals surface area contributed by atoms with E-state index in [1.54, 1.807) is 0 Å². The summed E-state index contributed by atoms with van der Waals surface area (Å²) in [4.78, 5) is 2.55. The quantitative estimate of drug-likeness (QED) is 0.740. The molecule has 2 fully saturated rings. The molecule has 3 nitrogen and oxygen atoms in total. The summed E-state index contributed by atoms with van der Waals surface area (Å²) in [6, 6.07) is 0. The number of aliphatic hydroxyl groups excluding tert-OH is 1. The largest absolute Gasteiger partial charge is 0.394 e. The van der Waals surface area contributed by atoms with Crippen molar-refractivity contribution in [2.24, 2.45) is 5.92 Å². The van der Waals surface area contributed by atoms with E-state index in [-0.39, 0.29) is 12.1 Å². The minimum atomic E-state index is -0.0540. The summed E-state index contributed by atoms with van der Waals surface area (Å²) in [6.45, 7) is 7.09. The van der Waals surface area contributed by atoms with E-state index in [4.69, 9.17) is 0 Å². The second-order valence-electron chi connectivity index (χ2n) is 6.18. The van der Waals surface area contributed by atoms with Gasteiger partial charge in [0.2, 0.25) is 0 Å². The highest BCUT2D eigenvalue weighted by atomic mass is 16.3. The molecule has 0 amide bonds. The van der Waals surface area contributed by atoms with Crippen molar-refractivity contribution in [1.82, 2.24) is 10.2 Å². The number of nitrogens with zero attached hydrogens (tertiary/aromatic N) is 1. The molecule has 1 saturated heterocycles. The first-order chi connectivity index (χ1) is 7.54. The van der Waals surface area contributed by atoms with Crippen LogP contribution in [0, 0.1) is 5.92 Å². The molecule has 0 aromatic carbocycles.